The van der Waals surface area contributed by atoms with Crippen molar-refractivity contribution in [2.24, 2.45) is 11.1 Å². The molecule has 27 heavy (non-hydrogen) atoms. The number of hydrogen-bond donors (Lipinski definition) is 3. The van der Waals surface area contributed by atoms with E-state index in [9.17, 15) is 14.0 Å². The van der Waals surface area contributed by atoms with Crippen LogP contribution in [0.1, 0.15) is 24.1 Å². The Morgan fingerprint density at radius 2 is 2.11 bits per heavy atom. The summed E-state index contributed by atoms with van der Waals surface area (Å²) in [4.78, 5) is 27.9. The Balaban J connectivity index is 1.65. The summed E-state index contributed by atoms with van der Waals surface area (Å²) < 4.78 is 14.3. The van der Waals surface area contributed by atoms with Crippen LogP contribution >= 0.6 is 0 Å². The van der Waals surface area contributed by atoms with Crippen LogP contribution in [0, 0.1) is 11.2 Å². The molecule has 0 atom stereocenters. The van der Waals surface area contributed by atoms with E-state index in [1.165, 1.54) is 12.1 Å². The van der Waals surface area contributed by atoms with Gasteiger partial charge in [-0.3, -0.25) is 19.7 Å². The van der Waals surface area contributed by atoms with E-state index in [2.05, 4.69) is 20.5 Å². The van der Waals surface area contributed by atoms with E-state index in [1.54, 1.807) is 18.5 Å². The zero-order valence-corrected chi connectivity index (χ0v) is 14.2. The number of pyridine rings is 1. The molecule has 136 valence electrons. The van der Waals surface area contributed by atoms with Gasteiger partial charge in [0.25, 0.3) is 0 Å². The Morgan fingerprint density at radius 3 is 2.78 bits per heavy atom. The lowest BCUT2D eigenvalue weighted by atomic mass is 10.1. The molecular formula is C19H16FN5O2. The first kappa shape index (κ1) is 16.9. The first-order chi connectivity index (χ1) is 13.0. The van der Waals surface area contributed by atoms with Crippen molar-refractivity contribution in [1.82, 2.24) is 15.2 Å². The molecule has 2 aromatic heterocycles. The van der Waals surface area contributed by atoms with Crippen molar-refractivity contribution in [3.8, 4) is 0 Å². The standard InChI is InChI=1S/C19H16FN5O2/c20-13-9-15-12(8-16(13)23-18(27)19(5-6-19)17(21)26)14(24-25-15)4-3-11-2-1-7-22-10-11/h1-4,7-10H,5-6H2,(H2,21,26)(H,23,27)(H,24,25). The Labute approximate surface area is 153 Å². The first-order valence-corrected chi connectivity index (χ1v) is 8.37. The summed E-state index contributed by atoms with van der Waals surface area (Å²) in [7, 11) is 0. The number of H-pyrrole nitrogens is 1. The number of anilines is 1. The van der Waals surface area contributed by atoms with Gasteiger partial charge in [-0.2, -0.15) is 5.10 Å². The smallest absolute Gasteiger partial charge is 0.240 e. The van der Waals surface area contributed by atoms with Gasteiger partial charge in [-0.05, 0) is 36.6 Å². The number of nitrogens with zero attached hydrogens (tertiary/aromatic N) is 2. The minimum Gasteiger partial charge on any atom is -0.369 e. The maximum Gasteiger partial charge on any atom is 0.240 e. The minimum atomic E-state index is -1.22. The van der Waals surface area contributed by atoms with Crippen LogP contribution in [0.15, 0.2) is 36.7 Å². The summed E-state index contributed by atoms with van der Waals surface area (Å²) in [5, 5.41) is 10.1. The number of nitrogens with two attached hydrogens (primary N) is 1. The molecule has 1 aliphatic carbocycles. The second kappa shape index (κ2) is 6.31. The number of halogens is 1. The third kappa shape index (κ3) is 3.05. The van der Waals surface area contributed by atoms with Crippen molar-refractivity contribution in [3.05, 3.63) is 53.7 Å². The van der Waals surface area contributed by atoms with Gasteiger partial charge in [-0.1, -0.05) is 12.1 Å². The van der Waals surface area contributed by atoms with Crippen molar-refractivity contribution in [2.75, 3.05) is 5.32 Å². The van der Waals surface area contributed by atoms with E-state index in [1.807, 2.05) is 18.2 Å². The van der Waals surface area contributed by atoms with Gasteiger partial charge in [-0.15, -0.1) is 0 Å². The van der Waals surface area contributed by atoms with Crippen molar-refractivity contribution in [2.45, 2.75) is 12.8 Å². The molecule has 0 unspecified atom stereocenters. The molecule has 1 saturated carbocycles. The Bertz CT molecular complexity index is 1070. The molecule has 0 aliphatic heterocycles. The second-order valence-corrected chi connectivity index (χ2v) is 6.51. The molecule has 1 aliphatic rings. The zero-order valence-electron chi connectivity index (χ0n) is 14.2. The summed E-state index contributed by atoms with van der Waals surface area (Å²) in [6.07, 6.45) is 7.74. The van der Waals surface area contributed by atoms with E-state index < -0.39 is 23.0 Å². The van der Waals surface area contributed by atoms with Gasteiger partial charge in [0.05, 0.1) is 16.9 Å². The molecule has 7 nitrogen and oxygen atoms in total. The lowest BCUT2D eigenvalue weighted by molar-refractivity contribution is -0.132. The van der Waals surface area contributed by atoms with Crippen LogP contribution in [0.25, 0.3) is 23.1 Å². The third-order valence-electron chi connectivity index (χ3n) is 4.70. The van der Waals surface area contributed by atoms with Crippen molar-refractivity contribution >= 4 is 40.6 Å². The van der Waals surface area contributed by atoms with Gasteiger partial charge in [0.2, 0.25) is 11.8 Å². The average Bonchev–Trinajstić information content (AvgIpc) is 3.39. The van der Waals surface area contributed by atoms with Crippen LogP contribution in [-0.2, 0) is 9.59 Å². The number of carbonyl (C=O) groups excluding carboxylic acids is 2. The maximum atomic E-state index is 14.3. The first-order valence-electron chi connectivity index (χ1n) is 8.37. The molecule has 3 aromatic rings. The minimum absolute atomic E-state index is 0.0162. The van der Waals surface area contributed by atoms with E-state index in [0.29, 0.717) is 29.4 Å². The lowest BCUT2D eigenvalue weighted by Crippen LogP contribution is -2.36. The number of rotatable bonds is 5. The number of aromatic amines is 1. The molecule has 0 bridgehead atoms. The molecule has 0 radical (unpaired) electrons. The quantitative estimate of drug-likeness (QED) is 0.603. The number of nitrogens with one attached hydrogen (secondary N) is 2. The number of carbonyl (C=O) groups is 2. The highest BCUT2D eigenvalue weighted by atomic mass is 19.1. The van der Waals surface area contributed by atoms with Crippen LogP contribution in [-0.4, -0.2) is 27.0 Å². The number of aromatic nitrogens is 3. The normalized spacial score (nSPS) is 15.1. The van der Waals surface area contributed by atoms with Crippen molar-refractivity contribution < 1.29 is 14.0 Å². The fraction of sp³-hybridized carbons (Fsp3) is 0.158. The number of amides is 2. The van der Waals surface area contributed by atoms with Crippen molar-refractivity contribution in [3.63, 3.8) is 0 Å². The van der Waals surface area contributed by atoms with Crippen LogP contribution in [0.3, 0.4) is 0 Å². The molecule has 0 spiro atoms. The van der Waals surface area contributed by atoms with E-state index in [4.69, 9.17) is 5.73 Å². The molecule has 1 fully saturated rings. The fourth-order valence-corrected chi connectivity index (χ4v) is 2.88. The topological polar surface area (TPSA) is 114 Å². The van der Waals surface area contributed by atoms with Crippen LogP contribution in [0.5, 0.6) is 0 Å². The highest BCUT2D eigenvalue weighted by Crippen LogP contribution is 2.46. The van der Waals surface area contributed by atoms with Gasteiger partial charge in [0, 0.05) is 23.8 Å². The Kier molecular flexibility index (Phi) is 3.95. The van der Waals surface area contributed by atoms with Crippen LogP contribution in [0.4, 0.5) is 10.1 Å². The van der Waals surface area contributed by atoms with E-state index in [0.717, 1.165) is 5.56 Å². The Hall–Kier alpha value is -3.55. The third-order valence-corrected chi connectivity index (χ3v) is 4.70. The molecule has 8 heteroatoms. The highest BCUT2D eigenvalue weighted by molar-refractivity contribution is 6.13. The molecular weight excluding hydrogens is 349 g/mol. The van der Waals surface area contributed by atoms with Crippen molar-refractivity contribution in [1.29, 1.82) is 0 Å². The highest BCUT2D eigenvalue weighted by Gasteiger charge is 2.55. The summed E-state index contributed by atoms with van der Waals surface area (Å²) in [6, 6.07) is 6.45. The van der Waals surface area contributed by atoms with E-state index in [-0.39, 0.29) is 5.69 Å². The monoisotopic (exact) mass is 365 g/mol. The number of benzene rings is 1. The number of primary amides is 1. The fourth-order valence-electron chi connectivity index (χ4n) is 2.88. The van der Waals surface area contributed by atoms with Crippen LogP contribution in [0.2, 0.25) is 0 Å². The average molecular weight is 365 g/mol. The summed E-state index contributed by atoms with van der Waals surface area (Å²) >= 11 is 0. The maximum absolute atomic E-state index is 14.3. The predicted octanol–water partition coefficient (Wildman–Crippen LogP) is 2.47. The molecule has 4 rings (SSSR count). The lowest BCUT2D eigenvalue weighted by Gasteiger charge is -2.12. The Morgan fingerprint density at radius 1 is 1.30 bits per heavy atom. The number of hydrogen-bond acceptors (Lipinski definition) is 4. The van der Waals surface area contributed by atoms with E-state index >= 15 is 0 Å². The molecule has 2 amide bonds. The summed E-state index contributed by atoms with van der Waals surface area (Å²) in [6.45, 7) is 0. The molecule has 4 N–H and O–H groups in total. The molecule has 2 heterocycles. The largest absolute Gasteiger partial charge is 0.369 e. The summed E-state index contributed by atoms with van der Waals surface area (Å²) in [5.41, 5.74) is 6.02. The van der Waals surface area contributed by atoms with Gasteiger partial charge >= 0.3 is 0 Å². The van der Waals surface area contributed by atoms with Gasteiger partial charge in [0.1, 0.15) is 11.2 Å². The van der Waals surface area contributed by atoms with Gasteiger partial charge in [-0.25, -0.2) is 4.39 Å². The second-order valence-electron chi connectivity index (χ2n) is 6.51. The van der Waals surface area contributed by atoms with Crippen LogP contribution < -0.4 is 11.1 Å². The number of fused-ring (bicyclic) bond motifs is 1. The molecule has 0 saturated heterocycles. The predicted molar refractivity (Wildman–Crippen MR) is 98.7 cm³/mol. The summed E-state index contributed by atoms with van der Waals surface area (Å²) in [5.74, 6) is -1.89. The molecule has 1 aromatic carbocycles. The van der Waals surface area contributed by atoms with Gasteiger partial charge < -0.3 is 11.1 Å². The zero-order chi connectivity index (χ0) is 19.0. The SMILES string of the molecule is NC(=O)C1(C(=O)Nc2cc3c(C=Cc4cccnc4)n[nH]c3cc2F)CC1. The van der Waals surface area contributed by atoms with Gasteiger partial charge in [0.15, 0.2) is 0 Å².